The molecule has 2 saturated carbocycles. The molecule has 112 valence electrons. The molecule has 2 aliphatic rings. The van der Waals surface area contributed by atoms with Gasteiger partial charge in [0.25, 0.3) is 0 Å². The fourth-order valence-electron chi connectivity index (χ4n) is 4.44. The molecule has 1 heterocycles. The first kappa shape index (κ1) is 14.2. The zero-order chi connectivity index (χ0) is 14.1. The first-order valence-corrected chi connectivity index (χ1v) is 8.11. The van der Waals surface area contributed by atoms with Crippen LogP contribution in [0.3, 0.4) is 0 Å². The number of furan rings is 1. The van der Waals surface area contributed by atoms with E-state index in [4.69, 9.17) is 10.2 Å². The third-order valence-electron chi connectivity index (χ3n) is 6.10. The third-order valence-corrected chi connectivity index (χ3v) is 6.10. The SMILES string of the molecule is CN(Cc1ccoc1)C1(CN)CCC2(CCCC2)CC1. The molecule has 0 atom stereocenters. The molecule has 0 aliphatic heterocycles. The Morgan fingerprint density at radius 3 is 2.40 bits per heavy atom. The van der Waals surface area contributed by atoms with Crippen LogP contribution < -0.4 is 5.73 Å². The van der Waals surface area contributed by atoms with E-state index >= 15 is 0 Å². The summed E-state index contributed by atoms with van der Waals surface area (Å²) >= 11 is 0. The summed E-state index contributed by atoms with van der Waals surface area (Å²) in [7, 11) is 2.23. The largest absolute Gasteiger partial charge is 0.472 e. The molecular weight excluding hydrogens is 248 g/mol. The molecular formula is C17H28N2O. The van der Waals surface area contributed by atoms with Gasteiger partial charge in [-0.25, -0.2) is 0 Å². The molecule has 2 N–H and O–H groups in total. The van der Waals surface area contributed by atoms with Gasteiger partial charge >= 0.3 is 0 Å². The highest BCUT2D eigenvalue weighted by Crippen LogP contribution is 2.52. The first-order chi connectivity index (χ1) is 9.68. The van der Waals surface area contributed by atoms with Crippen molar-refractivity contribution >= 4 is 0 Å². The normalized spacial score (nSPS) is 24.6. The van der Waals surface area contributed by atoms with Crippen molar-refractivity contribution in [3.8, 4) is 0 Å². The van der Waals surface area contributed by atoms with Gasteiger partial charge in [0, 0.05) is 24.2 Å². The molecule has 0 amide bonds. The van der Waals surface area contributed by atoms with Gasteiger partial charge in [-0.15, -0.1) is 0 Å². The van der Waals surface area contributed by atoms with Crippen molar-refractivity contribution in [2.75, 3.05) is 13.6 Å². The summed E-state index contributed by atoms with van der Waals surface area (Å²) in [6, 6.07) is 2.06. The van der Waals surface area contributed by atoms with Crippen LogP contribution in [-0.4, -0.2) is 24.0 Å². The number of rotatable bonds is 4. The molecule has 3 rings (SSSR count). The quantitative estimate of drug-likeness (QED) is 0.914. The summed E-state index contributed by atoms with van der Waals surface area (Å²) in [5.74, 6) is 0. The van der Waals surface area contributed by atoms with Crippen LogP contribution in [0.15, 0.2) is 23.0 Å². The summed E-state index contributed by atoms with van der Waals surface area (Å²) < 4.78 is 5.19. The lowest BCUT2D eigenvalue weighted by Crippen LogP contribution is -2.54. The van der Waals surface area contributed by atoms with E-state index in [9.17, 15) is 0 Å². The Balaban J connectivity index is 1.66. The monoisotopic (exact) mass is 276 g/mol. The van der Waals surface area contributed by atoms with Crippen molar-refractivity contribution in [2.45, 2.75) is 63.5 Å². The van der Waals surface area contributed by atoms with Gasteiger partial charge in [-0.05, 0) is 57.1 Å². The molecule has 3 nitrogen and oxygen atoms in total. The Hall–Kier alpha value is -0.800. The van der Waals surface area contributed by atoms with Crippen LogP contribution >= 0.6 is 0 Å². The lowest BCUT2D eigenvalue weighted by molar-refractivity contribution is 0.0257. The van der Waals surface area contributed by atoms with Crippen LogP contribution in [-0.2, 0) is 6.54 Å². The van der Waals surface area contributed by atoms with Crippen LogP contribution in [0.5, 0.6) is 0 Å². The van der Waals surface area contributed by atoms with Crippen LogP contribution in [0.2, 0.25) is 0 Å². The fraction of sp³-hybridized carbons (Fsp3) is 0.765. The van der Waals surface area contributed by atoms with E-state index < -0.39 is 0 Å². The maximum atomic E-state index is 6.19. The fourth-order valence-corrected chi connectivity index (χ4v) is 4.44. The molecule has 1 aromatic rings. The van der Waals surface area contributed by atoms with E-state index in [1.807, 2.05) is 6.26 Å². The summed E-state index contributed by atoms with van der Waals surface area (Å²) in [5.41, 5.74) is 8.32. The van der Waals surface area contributed by atoms with Crippen molar-refractivity contribution < 1.29 is 4.42 Å². The van der Waals surface area contributed by atoms with Crippen LogP contribution in [0.4, 0.5) is 0 Å². The van der Waals surface area contributed by atoms with Gasteiger partial charge in [-0.3, -0.25) is 4.90 Å². The van der Waals surface area contributed by atoms with Gasteiger partial charge in [0.05, 0.1) is 12.5 Å². The second-order valence-electron chi connectivity index (χ2n) is 7.12. The van der Waals surface area contributed by atoms with E-state index in [0.29, 0.717) is 5.41 Å². The molecule has 0 unspecified atom stereocenters. The van der Waals surface area contributed by atoms with E-state index in [1.165, 1.54) is 56.9 Å². The van der Waals surface area contributed by atoms with Crippen molar-refractivity contribution in [3.63, 3.8) is 0 Å². The van der Waals surface area contributed by atoms with Gasteiger partial charge in [0.2, 0.25) is 0 Å². The molecule has 20 heavy (non-hydrogen) atoms. The van der Waals surface area contributed by atoms with Gasteiger partial charge < -0.3 is 10.2 Å². The Bertz CT molecular complexity index is 410. The maximum absolute atomic E-state index is 6.19. The van der Waals surface area contributed by atoms with Crippen molar-refractivity contribution in [1.82, 2.24) is 4.90 Å². The Labute approximate surface area is 122 Å². The lowest BCUT2D eigenvalue weighted by atomic mass is 9.66. The second-order valence-corrected chi connectivity index (χ2v) is 7.12. The molecule has 1 aromatic heterocycles. The van der Waals surface area contributed by atoms with Crippen LogP contribution in [0.1, 0.15) is 56.9 Å². The van der Waals surface area contributed by atoms with Gasteiger partial charge in [0.15, 0.2) is 0 Å². The molecule has 0 radical (unpaired) electrons. The van der Waals surface area contributed by atoms with Crippen molar-refractivity contribution in [3.05, 3.63) is 24.2 Å². The average molecular weight is 276 g/mol. The summed E-state index contributed by atoms with van der Waals surface area (Å²) in [6.07, 6.45) is 14.7. The van der Waals surface area contributed by atoms with E-state index in [-0.39, 0.29) is 5.54 Å². The van der Waals surface area contributed by atoms with E-state index in [1.54, 1.807) is 6.26 Å². The van der Waals surface area contributed by atoms with E-state index in [0.717, 1.165) is 13.1 Å². The number of nitrogens with zero attached hydrogens (tertiary/aromatic N) is 1. The summed E-state index contributed by atoms with van der Waals surface area (Å²) in [6.45, 7) is 1.72. The molecule has 2 aliphatic carbocycles. The molecule has 0 bridgehead atoms. The first-order valence-electron chi connectivity index (χ1n) is 8.11. The van der Waals surface area contributed by atoms with Crippen molar-refractivity contribution in [1.29, 1.82) is 0 Å². The highest BCUT2D eigenvalue weighted by Gasteiger charge is 2.45. The minimum Gasteiger partial charge on any atom is -0.472 e. The number of nitrogens with two attached hydrogens (primary N) is 1. The Kier molecular flexibility index (Phi) is 3.91. The second kappa shape index (κ2) is 5.53. The highest BCUT2D eigenvalue weighted by atomic mass is 16.3. The number of likely N-dealkylation sites (N-methyl/N-ethyl adjacent to an activating group) is 1. The summed E-state index contributed by atoms with van der Waals surface area (Å²) in [4.78, 5) is 2.47. The van der Waals surface area contributed by atoms with Crippen LogP contribution in [0, 0.1) is 5.41 Å². The van der Waals surface area contributed by atoms with E-state index in [2.05, 4.69) is 18.0 Å². The topological polar surface area (TPSA) is 42.4 Å². The number of hydrogen-bond donors (Lipinski definition) is 1. The molecule has 3 heteroatoms. The maximum Gasteiger partial charge on any atom is 0.0947 e. The zero-order valence-corrected chi connectivity index (χ0v) is 12.7. The van der Waals surface area contributed by atoms with Gasteiger partial charge in [0.1, 0.15) is 0 Å². The molecule has 2 fully saturated rings. The Morgan fingerprint density at radius 2 is 1.85 bits per heavy atom. The summed E-state index contributed by atoms with van der Waals surface area (Å²) in [5, 5.41) is 0. The van der Waals surface area contributed by atoms with Crippen molar-refractivity contribution in [2.24, 2.45) is 11.1 Å². The predicted molar refractivity (Wildman–Crippen MR) is 81.3 cm³/mol. The van der Waals surface area contributed by atoms with Gasteiger partial charge in [-0.1, -0.05) is 12.8 Å². The average Bonchev–Trinajstić information content (AvgIpc) is 3.13. The molecule has 1 spiro atoms. The minimum absolute atomic E-state index is 0.200. The highest BCUT2D eigenvalue weighted by molar-refractivity contribution is 5.08. The Morgan fingerprint density at radius 1 is 1.15 bits per heavy atom. The molecule has 0 aromatic carbocycles. The zero-order valence-electron chi connectivity index (χ0n) is 12.7. The smallest absolute Gasteiger partial charge is 0.0947 e. The number of hydrogen-bond acceptors (Lipinski definition) is 3. The minimum atomic E-state index is 0.200. The van der Waals surface area contributed by atoms with Crippen LogP contribution in [0.25, 0.3) is 0 Å². The third kappa shape index (κ3) is 2.53. The van der Waals surface area contributed by atoms with Gasteiger partial charge in [-0.2, -0.15) is 0 Å². The standard InChI is InChI=1S/C17H28N2O/c1-19(12-15-4-11-20-13-15)17(14-18)9-7-16(8-10-17)5-2-3-6-16/h4,11,13H,2-3,5-10,12,14,18H2,1H3. The lowest BCUT2D eigenvalue weighted by Gasteiger charge is -2.49. The predicted octanol–water partition coefficient (Wildman–Crippen LogP) is 3.54. The molecule has 0 saturated heterocycles.